The van der Waals surface area contributed by atoms with Crippen LogP contribution in [-0.2, 0) is 6.54 Å². The first-order chi connectivity index (χ1) is 8.56. The zero-order chi connectivity index (χ0) is 13.1. The van der Waals surface area contributed by atoms with Crippen LogP contribution in [0.5, 0.6) is 0 Å². The molecule has 0 unspecified atom stereocenters. The molecule has 0 spiro atoms. The fourth-order valence-corrected chi connectivity index (χ4v) is 2.20. The lowest BCUT2D eigenvalue weighted by atomic mass is 10.1. The zero-order valence-corrected chi connectivity index (χ0v) is 11.3. The molecule has 0 heterocycles. The van der Waals surface area contributed by atoms with Crippen molar-refractivity contribution in [3.63, 3.8) is 0 Å². The lowest BCUT2D eigenvalue weighted by Gasteiger charge is -2.21. The number of nitrogens with two attached hydrogens (primary N) is 1. The van der Waals surface area contributed by atoms with Gasteiger partial charge in [-0.25, -0.2) is 0 Å². The van der Waals surface area contributed by atoms with Gasteiger partial charge in [0.25, 0.3) is 0 Å². The number of anilines is 2. The normalized spacial score (nSPS) is 10.4. The van der Waals surface area contributed by atoms with Gasteiger partial charge in [-0.15, -0.1) is 0 Å². The number of hydrogen-bond acceptors (Lipinski definition) is 2. The minimum atomic E-state index is 0.829. The van der Waals surface area contributed by atoms with Gasteiger partial charge in [-0.1, -0.05) is 24.3 Å². The Morgan fingerprint density at radius 2 is 1.61 bits per heavy atom. The predicted octanol–water partition coefficient (Wildman–Crippen LogP) is 3.52. The van der Waals surface area contributed by atoms with E-state index in [0.717, 1.165) is 12.2 Å². The van der Waals surface area contributed by atoms with E-state index < -0.39 is 0 Å². The van der Waals surface area contributed by atoms with Crippen molar-refractivity contribution in [3.8, 4) is 0 Å². The molecule has 0 aliphatic carbocycles. The summed E-state index contributed by atoms with van der Waals surface area (Å²) in [6.45, 7) is 5.08. The van der Waals surface area contributed by atoms with Crippen molar-refractivity contribution in [2.75, 3.05) is 17.7 Å². The van der Waals surface area contributed by atoms with Gasteiger partial charge in [0, 0.05) is 25.0 Å². The van der Waals surface area contributed by atoms with Crippen LogP contribution in [-0.4, -0.2) is 7.05 Å². The minimum absolute atomic E-state index is 0.829. The van der Waals surface area contributed by atoms with Crippen LogP contribution >= 0.6 is 0 Å². The number of aryl methyl sites for hydroxylation is 2. The fraction of sp³-hybridized carbons (Fsp3) is 0.250. The van der Waals surface area contributed by atoms with Crippen molar-refractivity contribution in [1.29, 1.82) is 0 Å². The topological polar surface area (TPSA) is 29.3 Å². The van der Waals surface area contributed by atoms with Gasteiger partial charge in [-0.3, -0.25) is 0 Å². The molecule has 0 atom stereocenters. The molecule has 2 aromatic carbocycles. The van der Waals surface area contributed by atoms with Gasteiger partial charge >= 0.3 is 0 Å². The van der Waals surface area contributed by atoms with E-state index in [4.69, 9.17) is 5.73 Å². The monoisotopic (exact) mass is 240 g/mol. The minimum Gasteiger partial charge on any atom is -0.398 e. The molecule has 2 nitrogen and oxygen atoms in total. The number of nitrogen functional groups attached to an aromatic ring is 1. The lowest BCUT2D eigenvalue weighted by molar-refractivity contribution is 0.923. The third-order valence-electron chi connectivity index (χ3n) is 3.11. The van der Waals surface area contributed by atoms with Crippen molar-refractivity contribution in [3.05, 3.63) is 59.2 Å². The van der Waals surface area contributed by atoms with Crippen molar-refractivity contribution in [1.82, 2.24) is 0 Å². The molecule has 2 heteroatoms. The highest BCUT2D eigenvalue weighted by Gasteiger charge is 2.05. The molecule has 0 aliphatic heterocycles. The first-order valence-corrected chi connectivity index (χ1v) is 6.19. The van der Waals surface area contributed by atoms with E-state index in [1.165, 1.54) is 22.4 Å². The molecule has 0 saturated heterocycles. The molecule has 2 aromatic rings. The van der Waals surface area contributed by atoms with Crippen molar-refractivity contribution >= 4 is 11.4 Å². The molecule has 0 aromatic heterocycles. The van der Waals surface area contributed by atoms with Crippen molar-refractivity contribution in [2.24, 2.45) is 0 Å². The summed E-state index contributed by atoms with van der Waals surface area (Å²) in [5.41, 5.74) is 11.8. The Kier molecular flexibility index (Phi) is 3.56. The number of hydrogen-bond donors (Lipinski definition) is 1. The first-order valence-electron chi connectivity index (χ1n) is 6.19. The molecular formula is C16H20N2. The molecule has 94 valence electrons. The Labute approximate surface area is 109 Å². The maximum Gasteiger partial charge on any atom is 0.0446 e. The largest absolute Gasteiger partial charge is 0.398 e. The second kappa shape index (κ2) is 5.13. The maximum atomic E-state index is 5.98. The van der Waals surface area contributed by atoms with Crippen LogP contribution < -0.4 is 10.6 Å². The Morgan fingerprint density at radius 1 is 1.00 bits per heavy atom. The van der Waals surface area contributed by atoms with E-state index in [1.54, 1.807) is 0 Å². The van der Waals surface area contributed by atoms with Crippen LogP contribution in [0.2, 0.25) is 0 Å². The average Bonchev–Trinajstić information content (AvgIpc) is 2.31. The van der Waals surface area contributed by atoms with E-state index >= 15 is 0 Å². The third kappa shape index (κ3) is 2.83. The van der Waals surface area contributed by atoms with E-state index in [9.17, 15) is 0 Å². The van der Waals surface area contributed by atoms with E-state index in [-0.39, 0.29) is 0 Å². The van der Waals surface area contributed by atoms with Crippen LogP contribution in [0.15, 0.2) is 42.5 Å². The van der Waals surface area contributed by atoms with Crippen LogP contribution in [0.3, 0.4) is 0 Å². The second-order valence-corrected chi connectivity index (χ2v) is 4.90. The van der Waals surface area contributed by atoms with E-state index in [1.807, 2.05) is 18.2 Å². The van der Waals surface area contributed by atoms with Gasteiger partial charge in [0.05, 0.1) is 0 Å². The average molecular weight is 240 g/mol. The number of benzene rings is 2. The standard InChI is InChI=1S/C16H20N2/c1-12-8-13(2)10-15(9-12)18(3)11-14-6-4-5-7-16(14)17/h4-10H,11,17H2,1-3H3. The summed E-state index contributed by atoms with van der Waals surface area (Å²) in [4.78, 5) is 2.23. The Hall–Kier alpha value is -1.96. The third-order valence-corrected chi connectivity index (χ3v) is 3.11. The SMILES string of the molecule is Cc1cc(C)cc(N(C)Cc2ccccc2N)c1. The van der Waals surface area contributed by atoms with Gasteiger partial charge in [0.15, 0.2) is 0 Å². The van der Waals surface area contributed by atoms with Crippen LogP contribution in [0.1, 0.15) is 16.7 Å². The maximum absolute atomic E-state index is 5.98. The number of nitrogens with zero attached hydrogens (tertiary/aromatic N) is 1. The predicted molar refractivity (Wildman–Crippen MR) is 78.9 cm³/mol. The molecule has 0 fully saturated rings. The molecule has 18 heavy (non-hydrogen) atoms. The Morgan fingerprint density at radius 3 is 2.22 bits per heavy atom. The number of rotatable bonds is 3. The van der Waals surface area contributed by atoms with E-state index in [2.05, 4.69) is 50.1 Å². The van der Waals surface area contributed by atoms with Gasteiger partial charge in [0.1, 0.15) is 0 Å². The summed E-state index contributed by atoms with van der Waals surface area (Å²) in [6.07, 6.45) is 0. The van der Waals surface area contributed by atoms with Gasteiger partial charge < -0.3 is 10.6 Å². The van der Waals surface area contributed by atoms with Crippen LogP contribution in [0.4, 0.5) is 11.4 Å². The van der Waals surface area contributed by atoms with Crippen LogP contribution in [0.25, 0.3) is 0 Å². The smallest absolute Gasteiger partial charge is 0.0446 e. The summed E-state index contributed by atoms with van der Waals surface area (Å²) < 4.78 is 0. The lowest BCUT2D eigenvalue weighted by Crippen LogP contribution is -2.17. The molecule has 2 N–H and O–H groups in total. The van der Waals surface area contributed by atoms with Crippen LogP contribution in [0, 0.1) is 13.8 Å². The van der Waals surface area contributed by atoms with Crippen molar-refractivity contribution < 1.29 is 0 Å². The molecular weight excluding hydrogens is 220 g/mol. The molecule has 0 bridgehead atoms. The van der Waals surface area contributed by atoms with E-state index in [0.29, 0.717) is 0 Å². The molecule has 0 saturated carbocycles. The number of para-hydroxylation sites is 1. The summed E-state index contributed by atoms with van der Waals surface area (Å²) in [5.74, 6) is 0. The Bertz CT molecular complexity index is 526. The van der Waals surface area contributed by atoms with Gasteiger partial charge in [-0.2, -0.15) is 0 Å². The molecule has 0 amide bonds. The van der Waals surface area contributed by atoms with Crippen molar-refractivity contribution in [2.45, 2.75) is 20.4 Å². The quantitative estimate of drug-likeness (QED) is 0.832. The zero-order valence-electron chi connectivity index (χ0n) is 11.3. The second-order valence-electron chi connectivity index (χ2n) is 4.90. The molecule has 2 rings (SSSR count). The molecule has 0 aliphatic rings. The summed E-state index contributed by atoms with van der Waals surface area (Å²) >= 11 is 0. The highest BCUT2D eigenvalue weighted by Crippen LogP contribution is 2.21. The van der Waals surface area contributed by atoms with Gasteiger partial charge in [-0.05, 0) is 48.7 Å². The summed E-state index contributed by atoms with van der Waals surface area (Å²) in [6, 6.07) is 14.6. The summed E-state index contributed by atoms with van der Waals surface area (Å²) in [7, 11) is 2.10. The highest BCUT2D eigenvalue weighted by molar-refractivity contribution is 5.53. The Balaban J connectivity index is 2.22. The highest BCUT2D eigenvalue weighted by atomic mass is 15.1. The fourth-order valence-electron chi connectivity index (χ4n) is 2.20. The van der Waals surface area contributed by atoms with Gasteiger partial charge in [0.2, 0.25) is 0 Å². The summed E-state index contributed by atoms with van der Waals surface area (Å²) in [5, 5.41) is 0. The first kappa shape index (κ1) is 12.5. The molecule has 0 radical (unpaired) electrons.